The van der Waals surface area contributed by atoms with Gasteiger partial charge in [0.25, 0.3) is 0 Å². The van der Waals surface area contributed by atoms with Crippen LogP contribution in [0.15, 0.2) is 24.3 Å². The lowest BCUT2D eigenvalue weighted by Crippen LogP contribution is -2.36. The molecule has 0 fully saturated rings. The highest BCUT2D eigenvalue weighted by atomic mass is 19.1. The highest BCUT2D eigenvalue weighted by Gasteiger charge is 2.05. The highest BCUT2D eigenvalue weighted by molar-refractivity contribution is 5.46. The average molecular weight is 252 g/mol. The van der Waals surface area contributed by atoms with E-state index in [1.165, 1.54) is 25.0 Å². The van der Waals surface area contributed by atoms with Gasteiger partial charge in [-0.3, -0.25) is 0 Å². The lowest BCUT2D eigenvalue weighted by Gasteiger charge is -2.24. The summed E-state index contributed by atoms with van der Waals surface area (Å²) in [6.07, 6.45) is 2.42. The van der Waals surface area contributed by atoms with Crippen molar-refractivity contribution in [2.75, 3.05) is 24.5 Å². The van der Waals surface area contributed by atoms with E-state index < -0.39 is 0 Å². The number of halogens is 1. The fourth-order valence-corrected chi connectivity index (χ4v) is 2.10. The summed E-state index contributed by atoms with van der Waals surface area (Å²) >= 11 is 0. The Balaban J connectivity index is 2.40. The van der Waals surface area contributed by atoms with Gasteiger partial charge in [0.1, 0.15) is 5.82 Å². The molecule has 1 unspecified atom stereocenters. The van der Waals surface area contributed by atoms with E-state index in [0.29, 0.717) is 6.04 Å². The van der Waals surface area contributed by atoms with Crippen LogP contribution in [0.5, 0.6) is 0 Å². The molecular formula is C15H25FN2. The molecule has 1 aromatic rings. The molecule has 18 heavy (non-hydrogen) atoms. The lowest BCUT2D eigenvalue weighted by molar-refractivity contribution is 0.510. The number of nitrogens with one attached hydrogen (secondary N) is 1. The van der Waals surface area contributed by atoms with E-state index in [1.807, 2.05) is 12.1 Å². The molecule has 0 aliphatic heterocycles. The molecule has 0 aromatic heterocycles. The van der Waals surface area contributed by atoms with Gasteiger partial charge in [-0.1, -0.05) is 13.3 Å². The van der Waals surface area contributed by atoms with Gasteiger partial charge in [-0.05, 0) is 44.5 Å². The molecule has 1 aromatic carbocycles. The maximum atomic E-state index is 12.9. The molecule has 0 spiro atoms. The van der Waals surface area contributed by atoms with Crippen LogP contribution in [0.1, 0.15) is 33.6 Å². The minimum atomic E-state index is -0.176. The molecule has 0 bridgehead atoms. The summed E-state index contributed by atoms with van der Waals surface area (Å²) in [5.74, 6) is -0.176. The number of benzene rings is 1. The first kappa shape index (κ1) is 15.0. The predicted molar refractivity (Wildman–Crippen MR) is 76.7 cm³/mol. The second-order valence-electron chi connectivity index (χ2n) is 4.70. The van der Waals surface area contributed by atoms with Crippen molar-refractivity contribution in [3.8, 4) is 0 Å². The maximum absolute atomic E-state index is 12.9. The molecule has 1 N–H and O–H groups in total. The van der Waals surface area contributed by atoms with Crippen molar-refractivity contribution in [2.45, 2.75) is 39.7 Å². The molecule has 0 saturated carbocycles. The molecule has 1 atom stereocenters. The summed E-state index contributed by atoms with van der Waals surface area (Å²) < 4.78 is 12.9. The van der Waals surface area contributed by atoms with Crippen molar-refractivity contribution >= 4 is 5.69 Å². The van der Waals surface area contributed by atoms with Crippen LogP contribution < -0.4 is 10.2 Å². The van der Waals surface area contributed by atoms with Crippen molar-refractivity contribution in [1.29, 1.82) is 0 Å². The van der Waals surface area contributed by atoms with Crippen LogP contribution in [-0.2, 0) is 0 Å². The van der Waals surface area contributed by atoms with Crippen molar-refractivity contribution in [3.05, 3.63) is 30.1 Å². The monoisotopic (exact) mass is 252 g/mol. The third-order valence-electron chi connectivity index (χ3n) is 3.17. The van der Waals surface area contributed by atoms with Crippen LogP contribution in [0, 0.1) is 5.82 Å². The zero-order valence-corrected chi connectivity index (χ0v) is 11.7. The highest BCUT2D eigenvalue weighted by Crippen LogP contribution is 2.13. The summed E-state index contributed by atoms with van der Waals surface area (Å²) in [6, 6.07) is 7.29. The van der Waals surface area contributed by atoms with Gasteiger partial charge < -0.3 is 10.2 Å². The van der Waals surface area contributed by atoms with Crippen LogP contribution >= 0.6 is 0 Å². The van der Waals surface area contributed by atoms with Crippen LogP contribution in [0.25, 0.3) is 0 Å². The van der Waals surface area contributed by atoms with Gasteiger partial charge in [-0.25, -0.2) is 4.39 Å². The molecule has 102 valence electrons. The Morgan fingerprint density at radius 3 is 2.44 bits per heavy atom. The Labute approximate surface area is 110 Å². The second kappa shape index (κ2) is 8.09. The van der Waals surface area contributed by atoms with E-state index >= 15 is 0 Å². The molecular weight excluding hydrogens is 227 g/mol. The average Bonchev–Trinajstić information content (AvgIpc) is 2.36. The molecule has 0 heterocycles. The number of nitrogens with zero attached hydrogens (tertiary/aromatic N) is 1. The van der Waals surface area contributed by atoms with Gasteiger partial charge in [-0.15, -0.1) is 0 Å². The van der Waals surface area contributed by atoms with Gasteiger partial charge >= 0.3 is 0 Å². The van der Waals surface area contributed by atoms with Crippen molar-refractivity contribution in [2.24, 2.45) is 0 Å². The molecule has 2 nitrogen and oxygen atoms in total. The smallest absolute Gasteiger partial charge is 0.123 e. The van der Waals surface area contributed by atoms with Gasteiger partial charge in [0.15, 0.2) is 0 Å². The van der Waals surface area contributed by atoms with Crippen LogP contribution in [0.3, 0.4) is 0 Å². The second-order valence-corrected chi connectivity index (χ2v) is 4.70. The number of anilines is 1. The minimum Gasteiger partial charge on any atom is -0.371 e. The Hall–Kier alpha value is -1.09. The van der Waals surface area contributed by atoms with Crippen molar-refractivity contribution in [1.82, 2.24) is 5.32 Å². The summed E-state index contributed by atoms with van der Waals surface area (Å²) in [4.78, 5) is 2.26. The molecule has 0 radical (unpaired) electrons. The minimum absolute atomic E-state index is 0.176. The van der Waals surface area contributed by atoms with E-state index in [9.17, 15) is 4.39 Å². The summed E-state index contributed by atoms with van der Waals surface area (Å²) in [6.45, 7) is 9.41. The van der Waals surface area contributed by atoms with Gasteiger partial charge in [0.2, 0.25) is 0 Å². The molecule has 1 rings (SSSR count). The third kappa shape index (κ3) is 5.05. The largest absolute Gasteiger partial charge is 0.371 e. The predicted octanol–water partition coefficient (Wildman–Crippen LogP) is 3.43. The van der Waals surface area contributed by atoms with Gasteiger partial charge in [-0.2, -0.15) is 0 Å². The molecule has 0 saturated heterocycles. The fourth-order valence-electron chi connectivity index (χ4n) is 2.10. The molecule has 0 aliphatic carbocycles. The Morgan fingerprint density at radius 1 is 1.22 bits per heavy atom. The SMILES string of the molecule is CCCC(C)NCCN(CC)c1ccc(F)cc1. The zero-order valence-electron chi connectivity index (χ0n) is 11.7. The summed E-state index contributed by atoms with van der Waals surface area (Å²) in [5, 5.41) is 3.51. The van der Waals surface area contributed by atoms with Gasteiger partial charge in [0, 0.05) is 31.4 Å². The van der Waals surface area contributed by atoms with E-state index in [-0.39, 0.29) is 5.82 Å². The van der Waals surface area contributed by atoms with Crippen molar-refractivity contribution in [3.63, 3.8) is 0 Å². The van der Waals surface area contributed by atoms with E-state index in [2.05, 4.69) is 31.0 Å². The zero-order chi connectivity index (χ0) is 13.4. The summed E-state index contributed by atoms with van der Waals surface area (Å²) in [5.41, 5.74) is 1.09. The molecule has 3 heteroatoms. The number of hydrogen-bond donors (Lipinski definition) is 1. The fraction of sp³-hybridized carbons (Fsp3) is 0.600. The third-order valence-corrected chi connectivity index (χ3v) is 3.17. The lowest BCUT2D eigenvalue weighted by atomic mass is 10.2. The van der Waals surface area contributed by atoms with E-state index in [4.69, 9.17) is 0 Å². The Kier molecular flexibility index (Phi) is 6.73. The standard InChI is InChI=1S/C15H25FN2/c1-4-6-13(3)17-11-12-18(5-2)15-9-7-14(16)8-10-15/h7-10,13,17H,4-6,11-12H2,1-3H3. The first-order chi connectivity index (χ1) is 8.67. The summed E-state index contributed by atoms with van der Waals surface area (Å²) in [7, 11) is 0. The molecule has 0 aliphatic rings. The van der Waals surface area contributed by atoms with Gasteiger partial charge in [0.05, 0.1) is 0 Å². The first-order valence-corrected chi connectivity index (χ1v) is 6.91. The normalized spacial score (nSPS) is 12.4. The Bertz CT molecular complexity index is 324. The molecule has 0 amide bonds. The Morgan fingerprint density at radius 2 is 1.89 bits per heavy atom. The number of rotatable bonds is 8. The maximum Gasteiger partial charge on any atom is 0.123 e. The number of hydrogen-bond acceptors (Lipinski definition) is 2. The van der Waals surface area contributed by atoms with E-state index in [0.717, 1.165) is 25.3 Å². The number of likely N-dealkylation sites (N-methyl/N-ethyl adjacent to an activating group) is 1. The van der Waals surface area contributed by atoms with E-state index in [1.54, 1.807) is 0 Å². The first-order valence-electron chi connectivity index (χ1n) is 6.91. The van der Waals surface area contributed by atoms with Crippen molar-refractivity contribution < 1.29 is 4.39 Å². The quantitative estimate of drug-likeness (QED) is 0.762. The topological polar surface area (TPSA) is 15.3 Å². The van der Waals surface area contributed by atoms with Crippen LogP contribution in [0.4, 0.5) is 10.1 Å². The van der Waals surface area contributed by atoms with Crippen LogP contribution in [-0.4, -0.2) is 25.7 Å². The van der Waals surface area contributed by atoms with Crippen LogP contribution in [0.2, 0.25) is 0 Å².